The van der Waals surface area contributed by atoms with Gasteiger partial charge in [-0.25, -0.2) is 0 Å². The molecule has 0 spiro atoms. The second-order valence-corrected chi connectivity index (χ2v) is 16.5. The zero-order chi connectivity index (χ0) is 34.4. The molecule has 0 amide bonds. The smallest absolute Gasteiger partial charge is 0.0619 e. The average Bonchev–Trinajstić information content (AvgIpc) is 2.92. The van der Waals surface area contributed by atoms with Crippen molar-refractivity contribution < 1.29 is 50.4 Å². The van der Waals surface area contributed by atoms with E-state index in [1.807, 2.05) is 12.1 Å². The SMILES string of the molecule is F[P-](F)(F)(F)(F)F.F[P-](F)(F)(F)(F)F.c1ccc([S+]2c3ccc(cc3)-c3cccc2c3)cc1.c1ccc([SH+]c2ccccc2)cc1. The van der Waals surface area contributed by atoms with E-state index in [0.717, 1.165) is 0 Å². The van der Waals surface area contributed by atoms with E-state index in [9.17, 15) is 50.4 Å². The first-order chi connectivity index (χ1) is 20.8. The van der Waals surface area contributed by atoms with Crippen molar-refractivity contribution in [3.63, 3.8) is 0 Å². The Morgan fingerprint density at radius 3 is 1.11 bits per heavy atom. The van der Waals surface area contributed by atoms with Crippen LogP contribution in [0, 0.1) is 0 Å². The van der Waals surface area contributed by atoms with Crippen molar-refractivity contribution in [2.45, 2.75) is 24.5 Å². The van der Waals surface area contributed by atoms with Gasteiger partial charge in [-0.3, -0.25) is 0 Å². The van der Waals surface area contributed by atoms with E-state index in [4.69, 9.17) is 0 Å². The average molecular weight is 739 g/mol. The minimum absolute atomic E-state index is 0.0195. The second kappa shape index (κ2) is 12.4. The zero-order valence-electron chi connectivity index (χ0n) is 23.1. The Morgan fingerprint density at radius 1 is 0.348 bits per heavy atom. The molecule has 0 nitrogen and oxygen atoms in total. The van der Waals surface area contributed by atoms with Gasteiger partial charge in [0.2, 0.25) is 0 Å². The molecule has 2 aliphatic rings. The monoisotopic (exact) mass is 738 g/mol. The van der Waals surface area contributed by atoms with Gasteiger partial charge in [0.1, 0.15) is 0 Å². The molecule has 1 atom stereocenters. The maximum Gasteiger partial charge on any atom is 0.167 e. The van der Waals surface area contributed by atoms with Crippen LogP contribution in [0.5, 0.6) is 0 Å². The zero-order valence-corrected chi connectivity index (χ0v) is 26.6. The van der Waals surface area contributed by atoms with Crippen LogP contribution in [0.1, 0.15) is 0 Å². The first kappa shape index (κ1) is 37.3. The summed E-state index contributed by atoms with van der Waals surface area (Å²) in [6.07, 6.45) is 0. The van der Waals surface area contributed by atoms with Gasteiger partial charge in [-0.15, -0.1) is 0 Å². The van der Waals surface area contributed by atoms with Crippen LogP contribution in [0.15, 0.2) is 164 Å². The van der Waals surface area contributed by atoms with Crippen LogP contribution in [0.25, 0.3) is 11.1 Å². The molecule has 46 heavy (non-hydrogen) atoms. The van der Waals surface area contributed by atoms with E-state index in [0.29, 0.717) is 0 Å². The summed E-state index contributed by atoms with van der Waals surface area (Å²) in [6, 6.07) is 49.7. The van der Waals surface area contributed by atoms with Crippen LogP contribution in [0.4, 0.5) is 50.4 Å². The molecule has 5 aromatic rings. The number of fused-ring (bicyclic) bond motifs is 2. The van der Waals surface area contributed by atoms with Crippen LogP contribution < -0.4 is 0 Å². The summed E-state index contributed by atoms with van der Waals surface area (Å²) in [5.41, 5.74) is 2.62. The van der Waals surface area contributed by atoms with Gasteiger partial charge in [-0.1, -0.05) is 66.7 Å². The Morgan fingerprint density at radius 2 is 0.696 bits per heavy atom. The van der Waals surface area contributed by atoms with Crippen LogP contribution in [0.2, 0.25) is 0 Å². The largest absolute Gasteiger partial charge is 0.167 e. The van der Waals surface area contributed by atoms with Crippen molar-refractivity contribution in [3.05, 3.63) is 140 Å². The summed E-state index contributed by atoms with van der Waals surface area (Å²) in [6.45, 7) is 0. The van der Waals surface area contributed by atoms with E-state index in [1.54, 1.807) is 0 Å². The summed E-state index contributed by atoms with van der Waals surface area (Å²) in [7, 11) is -21.3. The van der Waals surface area contributed by atoms with Crippen molar-refractivity contribution in [1.82, 2.24) is 0 Å². The van der Waals surface area contributed by atoms with E-state index in [-0.39, 0.29) is 10.9 Å². The Labute approximate surface area is 263 Å². The van der Waals surface area contributed by atoms with Gasteiger partial charge in [0, 0.05) is 17.8 Å². The molecule has 0 aromatic heterocycles. The molecule has 4 bridgehead atoms. The molecule has 0 saturated heterocycles. The molecule has 0 fully saturated rings. The third-order valence-electron chi connectivity index (χ3n) is 5.24. The predicted octanol–water partition coefficient (Wildman–Crippen LogP) is 14.4. The van der Waals surface area contributed by atoms with Gasteiger partial charge < -0.3 is 0 Å². The Balaban J connectivity index is 0.000000186. The molecule has 2 aliphatic heterocycles. The molecule has 1 unspecified atom stereocenters. The minimum atomic E-state index is -10.7. The fourth-order valence-electron chi connectivity index (χ4n) is 3.71. The van der Waals surface area contributed by atoms with Crippen molar-refractivity contribution >= 4 is 38.3 Å². The molecule has 16 heteroatoms. The Kier molecular flexibility index (Phi) is 10.1. The summed E-state index contributed by atoms with van der Waals surface area (Å²) >= 11 is 1.28. The Hall–Kier alpha value is -3.18. The van der Waals surface area contributed by atoms with Crippen molar-refractivity contribution in [2.24, 2.45) is 0 Å². The van der Waals surface area contributed by atoms with Gasteiger partial charge in [-0.2, -0.15) is 0 Å². The van der Waals surface area contributed by atoms with E-state index in [2.05, 4.69) is 127 Å². The predicted molar refractivity (Wildman–Crippen MR) is 166 cm³/mol. The summed E-state index contributed by atoms with van der Waals surface area (Å²) in [5, 5.41) is 0. The minimum Gasteiger partial charge on any atom is -0.0619 e. The molecule has 2 heterocycles. The molecule has 250 valence electrons. The number of hydrogen-bond acceptors (Lipinski definition) is 0. The fourth-order valence-corrected chi connectivity index (χ4v) is 6.76. The molecule has 0 aliphatic carbocycles. The van der Waals surface area contributed by atoms with E-state index >= 15 is 0 Å². The van der Waals surface area contributed by atoms with E-state index < -0.39 is 15.6 Å². The topological polar surface area (TPSA) is 0 Å². The third-order valence-corrected chi connectivity index (χ3v) is 8.57. The van der Waals surface area contributed by atoms with Crippen molar-refractivity contribution in [1.29, 1.82) is 0 Å². The van der Waals surface area contributed by atoms with Gasteiger partial charge >= 0.3 is 66.0 Å². The molecule has 0 saturated carbocycles. The summed E-state index contributed by atoms with van der Waals surface area (Å²) in [4.78, 5) is 6.87. The maximum atomic E-state index is 9.87. The quantitative estimate of drug-likeness (QED) is 0.0734. The second-order valence-electron chi connectivity index (χ2n) is 9.37. The van der Waals surface area contributed by atoms with Gasteiger partial charge in [-0.05, 0) is 77.9 Å². The molecular formula is C30H24F12P2S2. The standard InChI is InChI=1S/C18H13S.C12H10S.2F6P/c1-2-6-16(7-3-1)19-17-11-9-14(10-12-17)15-5-4-8-18(19)13-15;1-3-7-11(8-4-1)13-12-9-5-2-6-10-12;2*1-7(2,3,4,5)6/h1-13H;1-10H;;/q+1;;2*-1/p+1. The summed E-state index contributed by atoms with van der Waals surface area (Å²) in [5.74, 6) is 0. The fraction of sp³-hybridized carbons (Fsp3) is 0. The number of benzene rings is 5. The van der Waals surface area contributed by atoms with Crippen molar-refractivity contribution in [3.8, 4) is 11.1 Å². The Bertz CT molecular complexity index is 1630. The number of hydrogen-bond donors (Lipinski definition) is 0. The van der Waals surface area contributed by atoms with Crippen LogP contribution in [-0.2, 0) is 22.7 Å². The molecule has 7 rings (SSSR count). The number of thiol groups is 1. The van der Waals surface area contributed by atoms with Gasteiger partial charge in [0.25, 0.3) is 0 Å². The van der Waals surface area contributed by atoms with Crippen molar-refractivity contribution in [2.75, 3.05) is 0 Å². The normalized spacial score (nSPS) is 16.4. The molecule has 0 radical (unpaired) electrons. The number of rotatable bonds is 3. The molecule has 0 N–H and O–H groups in total. The molecular weight excluding hydrogens is 714 g/mol. The third kappa shape index (κ3) is 17.5. The van der Waals surface area contributed by atoms with Crippen LogP contribution in [-0.4, -0.2) is 0 Å². The summed E-state index contributed by atoms with van der Waals surface area (Å²) < 4.78 is 118. The van der Waals surface area contributed by atoms with Crippen LogP contribution >= 0.6 is 15.6 Å². The van der Waals surface area contributed by atoms with Gasteiger partial charge in [0.15, 0.2) is 24.5 Å². The maximum absolute atomic E-state index is 10.7. The van der Waals surface area contributed by atoms with E-state index in [1.165, 1.54) is 47.4 Å². The number of halogens is 12. The van der Waals surface area contributed by atoms with Gasteiger partial charge in [0.05, 0.1) is 10.9 Å². The first-order valence-electron chi connectivity index (χ1n) is 12.7. The first-order valence-corrected chi connectivity index (χ1v) is 18.9. The van der Waals surface area contributed by atoms with Crippen LogP contribution in [0.3, 0.4) is 0 Å². The molecule has 5 aromatic carbocycles.